The standard InChI is InChI=1S/C31H37N4O3S/c1-3-4-5-21-6-11-28(38-2)26(18-21)27-20-39-31(33-27)34-29(36)23-7-9-24(10-8-23)30(37)35-16-13-22(14-17-35)25-12-15-32-19-25/h6-11,18,20,22,32H,3-5,12-17,19H2,1-2H3,(H,33,34,36). The third-order valence-corrected chi connectivity index (χ3v) is 8.57. The molecule has 39 heavy (non-hydrogen) atoms. The van der Waals surface area contributed by atoms with Gasteiger partial charge in [-0.05, 0) is 92.4 Å². The number of thiazole rings is 1. The summed E-state index contributed by atoms with van der Waals surface area (Å²) in [5.74, 6) is 2.80. The number of aromatic nitrogens is 1. The number of likely N-dealkylation sites (tertiary alicyclic amines) is 1. The third-order valence-electron chi connectivity index (χ3n) is 7.81. The number of rotatable bonds is 9. The number of piperidine rings is 1. The zero-order chi connectivity index (χ0) is 27.2. The fourth-order valence-corrected chi connectivity index (χ4v) is 6.19. The maximum atomic E-state index is 13.1. The second-order valence-corrected chi connectivity index (χ2v) is 11.2. The van der Waals surface area contributed by atoms with Gasteiger partial charge in [0.1, 0.15) is 5.75 Å². The Balaban J connectivity index is 1.19. The molecule has 2 amide bonds. The minimum atomic E-state index is -0.249. The fourth-order valence-electron chi connectivity index (χ4n) is 5.49. The molecule has 2 aliphatic heterocycles. The molecule has 2 aromatic carbocycles. The van der Waals surface area contributed by atoms with Crippen molar-refractivity contribution in [2.24, 2.45) is 5.92 Å². The lowest BCUT2D eigenvalue weighted by Crippen LogP contribution is -2.40. The smallest absolute Gasteiger partial charge is 0.257 e. The number of carbonyl (C=O) groups is 2. The number of benzene rings is 2. The minimum Gasteiger partial charge on any atom is -0.496 e. The van der Waals surface area contributed by atoms with Gasteiger partial charge in [-0.3, -0.25) is 14.9 Å². The number of nitrogens with one attached hydrogen (secondary N) is 2. The first-order valence-corrected chi connectivity index (χ1v) is 14.8. The number of methoxy groups -OCH3 is 1. The molecule has 2 fully saturated rings. The van der Waals surface area contributed by atoms with Crippen LogP contribution >= 0.6 is 11.3 Å². The number of ether oxygens (including phenoxy) is 1. The first-order chi connectivity index (χ1) is 19.1. The summed E-state index contributed by atoms with van der Waals surface area (Å²) < 4.78 is 5.56. The Kier molecular flexibility index (Phi) is 8.94. The highest BCUT2D eigenvalue weighted by Gasteiger charge is 2.30. The van der Waals surface area contributed by atoms with Crippen LogP contribution in [0.25, 0.3) is 11.3 Å². The van der Waals surface area contributed by atoms with Crippen molar-refractivity contribution in [2.45, 2.75) is 45.4 Å². The zero-order valence-electron chi connectivity index (χ0n) is 22.8. The number of carbonyl (C=O) groups excluding carboxylic acids is 2. The fraction of sp³-hybridized carbons (Fsp3) is 0.419. The van der Waals surface area contributed by atoms with Gasteiger partial charge in [0.25, 0.3) is 11.8 Å². The quantitative estimate of drug-likeness (QED) is 0.353. The molecule has 7 nitrogen and oxygen atoms in total. The molecular weight excluding hydrogens is 508 g/mol. The Hall–Kier alpha value is -3.23. The van der Waals surface area contributed by atoms with E-state index in [9.17, 15) is 9.59 Å². The molecular formula is C31H37N4O3S. The number of hydrogen-bond donors (Lipinski definition) is 2. The first-order valence-electron chi connectivity index (χ1n) is 13.9. The van der Waals surface area contributed by atoms with Crippen molar-refractivity contribution in [3.05, 3.63) is 70.5 Å². The van der Waals surface area contributed by atoms with Crippen molar-refractivity contribution in [2.75, 3.05) is 38.6 Å². The number of aryl methyl sites for hydroxylation is 1. The lowest BCUT2D eigenvalue weighted by atomic mass is 9.83. The van der Waals surface area contributed by atoms with Crippen LogP contribution in [0.4, 0.5) is 5.13 Å². The molecule has 0 spiro atoms. The molecule has 3 heterocycles. The molecule has 0 atom stereocenters. The predicted molar refractivity (Wildman–Crippen MR) is 156 cm³/mol. The molecule has 5 rings (SSSR count). The summed E-state index contributed by atoms with van der Waals surface area (Å²) in [7, 11) is 1.66. The second kappa shape index (κ2) is 12.7. The van der Waals surface area contributed by atoms with Gasteiger partial charge < -0.3 is 15.0 Å². The van der Waals surface area contributed by atoms with E-state index in [0.29, 0.717) is 22.2 Å². The van der Waals surface area contributed by atoms with E-state index in [4.69, 9.17) is 4.74 Å². The highest BCUT2D eigenvalue weighted by atomic mass is 32.1. The Morgan fingerprint density at radius 3 is 2.59 bits per heavy atom. The summed E-state index contributed by atoms with van der Waals surface area (Å²) >= 11 is 1.38. The van der Waals surface area contributed by atoms with Gasteiger partial charge in [-0.15, -0.1) is 11.3 Å². The molecule has 2 aliphatic rings. The van der Waals surface area contributed by atoms with Crippen molar-refractivity contribution < 1.29 is 14.3 Å². The maximum absolute atomic E-state index is 13.1. The number of hydrogen-bond acceptors (Lipinski definition) is 6. The maximum Gasteiger partial charge on any atom is 0.257 e. The molecule has 0 saturated carbocycles. The van der Waals surface area contributed by atoms with Crippen LogP contribution in [0.5, 0.6) is 5.75 Å². The Morgan fingerprint density at radius 2 is 1.90 bits per heavy atom. The van der Waals surface area contributed by atoms with E-state index in [-0.39, 0.29) is 11.8 Å². The average molecular weight is 546 g/mol. The van der Waals surface area contributed by atoms with Crippen molar-refractivity contribution in [3.63, 3.8) is 0 Å². The van der Waals surface area contributed by atoms with Crippen molar-refractivity contribution in [1.82, 2.24) is 15.2 Å². The van der Waals surface area contributed by atoms with E-state index >= 15 is 0 Å². The normalized spacial score (nSPS) is 16.4. The first kappa shape index (κ1) is 27.3. The van der Waals surface area contributed by atoms with E-state index in [1.165, 1.54) is 23.3 Å². The topological polar surface area (TPSA) is 83.6 Å². The number of nitrogens with zero attached hydrogens (tertiary/aromatic N) is 2. The number of unbranched alkanes of at least 4 members (excludes halogenated alkanes) is 1. The van der Waals surface area contributed by atoms with Gasteiger partial charge in [0.2, 0.25) is 0 Å². The van der Waals surface area contributed by atoms with Gasteiger partial charge in [0, 0.05) is 41.7 Å². The van der Waals surface area contributed by atoms with Crippen LogP contribution in [0.3, 0.4) is 0 Å². The van der Waals surface area contributed by atoms with Crippen molar-refractivity contribution >= 4 is 28.3 Å². The molecule has 205 valence electrons. The van der Waals surface area contributed by atoms with Crippen LogP contribution in [0, 0.1) is 11.8 Å². The predicted octanol–water partition coefficient (Wildman–Crippen LogP) is 5.83. The van der Waals surface area contributed by atoms with Crippen LogP contribution < -0.4 is 15.4 Å². The van der Waals surface area contributed by atoms with Crippen LogP contribution in [-0.4, -0.2) is 55.0 Å². The number of amides is 2. The summed E-state index contributed by atoms with van der Waals surface area (Å²) in [5, 5.41) is 8.78. The Bertz CT molecular complexity index is 1280. The van der Waals surface area contributed by atoms with E-state index in [0.717, 1.165) is 75.3 Å². The Labute approximate surface area is 235 Å². The molecule has 2 N–H and O–H groups in total. The summed E-state index contributed by atoms with van der Waals surface area (Å²) in [6.07, 6.45) is 6.52. The molecule has 8 heteroatoms. The van der Waals surface area contributed by atoms with E-state index in [1.807, 2.05) is 16.3 Å². The monoisotopic (exact) mass is 545 g/mol. The van der Waals surface area contributed by atoms with Gasteiger partial charge in [-0.1, -0.05) is 19.4 Å². The van der Waals surface area contributed by atoms with Crippen LogP contribution in [0.1, 0.15) is 65.3 Å². The molecule has 1 aromatic heterocycles. The van der Waals surface area contributed by atoms with Gasteiger partial charge in [-0.25, -0.2) is 4.98 Å². The van der Waals surface area contributed by atoms with E-state index < -0.39 is 0 Å². The third kappa shape index (κ3) is 6.50. The van der Waals surface area contributed by atoms with Gasteiger partial charge >= 0.3 is 0 Å². The summed E-state index contributed by atoms with van der Waals surface area (Å²) in [5.41, 5.74) is 4.05. The van der Waals surface area contributed by atoms with Crippen LogP contribution in [-0.2, 0) is 6.42 Å². The van der Waals surface area contributed by atoms with Crippen molar-refractivity contribution in [3.8, 4) is 17.0 Å². The lowest BCUT2D eigenvalue weighted by Gasteiger charge is -2.34. The summed E-state index contributed by atoms with van der Waals surface area (Å²) in [6, 6.07) is 13.1. The number of anilines is 1. The van der Waals surface area contributed by atoms with E-state index in [2.05, 4.69) is 34.7 Å². The van der Waals surface area contributed by atoms with Gasteiger partial charge in [0.15, 0.2) is 5.13 Å². The highest BCUT2D eigenvalue weighted by molar-refractivity contribution is 7.14. The highest BCUT2D eigenvalue weighted by Crippen LogP contribution is 2.34. The molecule has 0 unspecified atom stereocenters. The van der Waals surface area contributed by atoms with Gasteiger partial charge in [0.05, 0.1) is 12.8 Å². The zero-order valence-corrected chi connectivity index (χ0v) is 23.6. The molecule has 0 bridgehead atoms. The lowest BCUT2D eigenvalue weighted by molar-refractivity contribution is 0.0694. The van der Waals surface area contributed by atoms with Crippen LogP contribution in [0.15, 0.2) is 47.8 Å². The van der Waals surface area contributed by atoms with E-state index in [1.54, 1.807) is 37.3 Å². The molecule has 1 radical (unpaired) electrons. The van der Waals surface area contributed by atoms with Crippen LogP contribution in [0.2, 0.25) is 0 Å². The van der Waals surface area contributed by atoms with Gasteiger partial charge in [-0.2, -0.15) is 0 Å². The average Bonchev–Trinajstić information content (AvgIpc) is 3.69. The minimum absolute atomic E-state index is 0.0367. The second-order valence-electron chi connectivity index (χ2n) is 10.4. The largest absolute Gasteiger partial charge is 0.496 e. The molecule has 3 aromatic rings. The molecule has 2 saturated heterocycles. The van der Waals surface area contributed by atoms with Crippen molar-refractivity contribution in [1.29, 1.82) is 0 Å². The Morgan fingerprint density at radius 1 is 1.13 bits per heavy atom. The SMILES string of the molecule is CCCCc1ccc(OC)c(-c2csc(NC(=O)c3ccc(C(=O)N4CCC([C]5CCNC5)CC4)cc3)n2)c1. The summed E-state index contributed by atoms with van der Waals surface area (Å²) in [4.78, 5) is 32.6. The summed E-state index contributed by atoms with van der Waals surface area (Å²) in [6.45, 7) is 5.87. The molecule has 0 aliphatic carbocycles.